The quantitative estimate of drug-likeness (QED) is 0.826. The summed E-state index contributed by atoms with van der Waals surface area (Å²) in [5.74, 6) is -0.246. The summed E-state index contributed by atoms with van der Waals surface area (Å²) < 4.78 is 27.7. The Bertz CT molecular complexity index is 868. The van der Waals surface area contributed by atoms with Crippen molar-refractivity contribution in [3.8, 4) is 0 Å². The Morgan fingerprint density at radius 1 is 1.08 bits per heavy atom. The molecular formula is C18H21ClN2O3S. The fraction of sp³-hybridized carbons (Fsp3) is 0.278. The van der Waals surface area contributed by atoms with E-state index in [2.05, 4.69) is 10.0 Å². The van der Waals surface area contributed by atoms with Crippen LogP contribution in [0, 0.1) is 13.8 Å². The third kappa shape index (κ3) is 4.74. The molecule has 0 spiro atoms. The van der Waals surface area contributed by atoms with E-state index in [0.717, 1.165) is 11.1 Å². The molecule has 1 amide bonds. The van der Waals surface area contributed by atoms with Gasteiger partial charge in [0.15, 0.2) is 0 Å². The SMILES string of the molecule is Cc1cc(C)c(NS(=O)(=O)c2ccc(C(=O)NC(C)C)cc2)c(Cl)c1. The molecule has 0 saturated heterocycles. The number of hydrogen-bond donors (Lipinski definition) is 2. The lowest BCUT2D eigenvalue weighted by Gasteiger charge is -2.14. The van der Waals surface area contributed by atoms with Gasteiger partial charge in [0.25, 0.3) is 15.9 Å². The third-order valence-corrected chi connectivity index (χ3v) is 5.18. The summed E-state index contributed by atoms with van der Waals surface area (Å²) in [5.41, 5.74) is 2.44. The van der Waals surface area contributed by atoms with E-state index in [1.807, 2.05) is 26.8 Å². The fourth-order valence-electron chi connectivity index (χ4n) is 2.37. The van der Waals surface area contributed by atoms with Gasteiger partial charge >= 0.3 is 0 Å². The van der Waals surface area contributed by atoms with E-state index in [1.165, 1.54) is 24.3 Å². The third-order valence-electron chi connectivity index (χ3n) is 3.51. The zero-order valence-corrected chi connectivity index (χ0v) is 16.1. The Hall–Kier alpha value is -2.05. The highest BCUT2D eigenvalue weighted by atomic mass is 35.5. The second-order valence-corrected chi connectivity index (χ2v) is 8.29. The van der Waals surface area contributed by atoms with E-state index in [4.69, 9.17) is 11.6 Å². The van der Waals surface area contributed by atoms with Gasteiger partial charge in [0, 0.05) is 11.6 Å². The van der Waals surface area contributed by atoms with Crippen molar-refractivity contribution < 1.29 is 13.2 Å². The van der Waals surface area contributed by atoms with Gasteiger partial charge in [-0.2, -0.15) is 0 Å². The monoisotopic (exact) mass is 380 g/mol. The predicted octanol–water partition coefficient (Wildman–Crippen LogP) is 3.90. The molecule has 0 aromatic heterocycles. The van der Waals surface area contributed by atoms with Crippen molar-refractivity contribution in [2.75, 3.05) is 4.72 Å². The number of aryl methyl sites for hydroxylation is 2. The lowest BCUT2D eigenvalue weighted by Crippen LogP contribution is -2.30. The van der Waals surface area contributed by atoms with Crippen molar-refractivity contribution in [1.82, 2.24) is 5.32 Å². The van der Waals surface area contributed by atoms with Crippen LogP contribution in [0.15, 0.2) is 41.3 Å². The number of nitrogens with one attached hydrogen (secondary N) is 2. The number of hydrogen-bond acceptors (Lipinski definition) is 3. The number of sulfonamides is 1. The summed E-state index contributed by atoms with van der Waals surface area (Å²) in [6.45, 7) is 7.39. The first-order valence-corrected chi connectivity index (χ1v) is 9.67. The first-order chi connectivity index (χ1) is 11.6. The van der Waals surface area contributed by atoms with Gasteiger partial charge in [0.05, 0.1) is 15.6 Å². The molecule has 0 fully saturated rings. The van der Waals surface area contributed by atoms with Crippen LogP contribution in [0.2, 0.25) is 5.02 Å². The van der Waals surface area contributed by atoms with E-state index in [0.29, 0.717) is 16.3 Å². The molecule has 0 unspecified atom stereocenters. The van der Waals surface area contributed by atoms with E-state index < -0.39 is 10.0 Å². The Labute approximate surface area is 153 Å². The van der Waals surface area contributed by atoms with Crippen molar-refractivity contribution in [2.45, 2.75) is 38.6 Å². The van der Waals surface area contributed by atoms with Gasteiger partial charge in [-0.1, -0.05) is 17.7 Å². The number of carbonyl (C=O) groups excluding carboxylic acids is 1. The van der Waals surface area contributed by atoms with Crippen molar-refractivity contribution in [1.29, 1.82) is 0 Å². The minimum Gasteiger partial charge on any atom is -0.350 e. The molecule has 2 aromatic rings. The summed E-state index contributed by atoms with van der Waals surface area (Å²) in [7, 11) is -3.80. The summed E-state index contributed by atoms with van der Waals surface area (Å²) >= 11 is 6.16. The molecule has 0 aliphatic heterocycles. The average molecular weight is 381 g/mol. The maximum atomic E-state index is 12.6. The molecule has 0 saturated carbocycles. The van der Waals surface area contributed by atoms with Crippen LogP contribution >= 0.6 is 11.6 Å². The fourth-order valence-corrected chi connectivity index (χ4v) is 3.95. The van der Waals surface area contributed by atoms with Crippen molar-refractivity contribution >= 4 is 33.2 Å². The number of benzene rings is 2. The van der Waals surface area contributed by atoms with E-state index >= 15 is 0 Å². The van der Waals surface area contributed by atoms with Crippen LogP contribution in [0.5, 0.6) is 0 Å². The highest BCUT2D eigenvalue weighted by Gasteiger charge is 2.18. The van der Waals surface area contributed by atoms with Crippen LogP contribution in [0.4, 0.5) is 5.69 Å². The van der Waals surface area contributed by atoms with Gasteiger partial charge in [0.1, 0.15) is 0 Å². The lowest BCUT2D eigenvalue weighted by molar-refractivity contribution is 0.0943. The van der Waals surface area contributed by atoms with Crippen LogP contribution in [0.3, 0.4) is 0 Å². The molecule has 7 heteroatoms. The number of anilines is 1. The minimum atomic E-state index is -3.80. The minimum absolute atomic E-state index is 0.00392. The zero-order chi connectivity index (χ0) is 18.8. The standard InChI is InChI=1S/C18H21ClN2O3S/c1-11(2)20-18(22)14-5-7-15(8-6-14)25(23,24)21-17-13(4)9-12(3)10-16(17)19/h5-11,21H,1-4H3,(H,20,22). The topological polar surface area (TPSA) is 75.3 Å². The second kappa shape index (κ2) is 7.45. The number of carbonyl (C=O) groups is 1. The van der Waals surface area contributed by atoms with E-state index in [9.17, 15) is 13.2 Å². The maximum Gasteiger partial charge on any atom is 0.261 e. The molecule has 5 nitrogen and oxygen atoms in total. The first-order valence-electron chi connectivity index (χ1n) is 7.80. The Morgan fingerprint density at radius 2 is 1.68 bits per heavy atom. The van der Waals surface area contributed by atoms with Crippen LogP contribution in [-0.4, -0.2) is 20.4 Å². The highest BCUT2D eigenvalue weighted by Crippen LogP contribution is 2.29. The predicted molar refractivity (Wildman–Crippen MR) is 101 cm³/mol. The lowest BCUT2D eigenvalue weighted by atomic mass is 10.1. The summed E-state index contributed by atoms with van der Waals surface area (Å²) in [6, 6.07) is 9.31. The molecule has 0 bridgehead atoms. The molecule has 2 aromatic carbocycles. The van der Waals surface area contributed by atoms with Gasteiger partial charge < -0.3 is 5.32 Å². The second-order valence-electron chi connectivity index (χ2n) is 6.20. The van der Waals surface area contributed by atoms with Gasteiger partial charge in [-0.15, -0.1) is 0 Å². The summed E-state index contributed by atoms with van der Waals surface area (Å²) in [5, 5.41) is 3.10. The Morgan fingerprint density at radius 3 is 2.20 bits per heavy atom. The van der Waals surface area contributed by atoms with E-state index in [1.54, 1.807) is 13.0 Å². The van der Waals surface area contributed by atoms with Crippen molar-refractivity contribution in [2.24, 2.45) is 0 Å². The number of amides is 1. The van der Waals surface area contributed by atoms with Gasteiger partial charge in [-0.25, -0.2) is 8.42 Å². The van der Waals surface area contributed by atoms with Crippen molar-refractivity contribution in [3.05, 3.63) is 58.1 Å². The van der Waals surface area contributed by atoms with Crippen molar-refractivity contribution in [3.63, 3.8) is 0 Å². The van der Waals surface area contributed by atoms with Crippen LogP contribution in [-0.2, 0) is 10.0 Å². The molecule has 0 heterocycles. The summed E-state index contributed by atoms with van der Waals surface area (Å²) in [4.78, 5) is 12.0. The van der Waals surface area contributed by atoms with Gasteiger partial charge in [0.2, 0.25) is 0 Å². The molecule has 0 atom stereocenters. The van der Waals surface area contributed by atoms with Crippen LogP contribution < -0.4 is 10.0 Å². The van der Waals surface area contributed by atoms with E-state index in [-0.39, 0.29) is 16.8 Å². The molecule has 134 valence electrons. The van der Waals surface area contributed by atoms with Gasteiger partial charge in [-0.05, 0) is 69.2 Å². The van der Waals surface area contributed by atoms with Crippen LogP contribution in [0.1, 0.15) is 35.3 Å². The molecule has 0 aliphatic carbocycles. The zero-order valence-electron chi connectivity index (χ0n) is 14.6. The maximum absolute atomic E-state index is 12.6. The smallest absolute Gasteiger partial charge is 0.261 e. The van der Waals surface area contributed by atoms with Crippen LogP contribution in [0.25, 0.3) is 0 Å². The number of halogens is 1. The average Bonchev–Trinajstić information content (AvgIpc) is 2.50. The largest absolute Gasteiger partial charge is 0.350 e. The Balaban J connectivity index is 2.27. The molecule has 0 radical (unpaired) electrons. The first kappa shape index (κ1) is 19.3. The molecule has 0 aliphatic rings. The molecular weight excluding hydrogens is 360 g/mol. The number of rotatable bonds is 5. The molecule has 2 rings (SSSR count). The van der Waals surface area contributed by atoms with Gasteiger partial charge in [-0.3, -0.25) is 9.52 Å². The Kier molecular flexibility index (Phi) is 5.75. The summed E-state index contributed by atoms with van der Waals surface area (Å²) in [6.07, 6.45) is 0. The molecule has 2 N–H and O–H groups in total. The normalized spacial score (nSPS) is 11.4. The molecule has 25 heavy (non-hydrogen) atoms. The highest BCUT2D eigenvalue weighted by molar-refractivity contribution is 7.92.